The van der Waals surface area contributed by atoms with Gasteiger partial charge in [0.25, 0.3) is 0 Å². The van der Waals surface area contributed by atoms with Crippen LogP contribution >= 0.6 is 24.0 Å². The topological polar surface area (TPSA) is 66.7 Å². The normalized spacial score (nSPS) is 17.4. The Bertz CT molecular complexity index is 471. The number of aryl methyl sites for hydroxylation is 1. The van der Waals surface area contributed by atoms with Crippen molar-refractivity contribution in [1.82, 2.24) is 25.3 Å². The summed E-state index contributed by atoms with van der Waals surface area (Å²) in [5.74, 6) is 0.859. The molecule has 0 saturated carbocycles. The summed E-state index contributed by atoms with van der Waals surface area (Å²) >= 11 is 0. The predicted octanol–water partition coefficient (Wildman–Crippen LogP) is 1.17. The van der Waals surface area contributed by atoms with Crippen LogP contribution < -0.4 is 10.6 Å². The molecule has 1 aliphatic rings. The van der Waals surface area contributed by atoms with Gasteiger partial charge in [0.1, 0.15) is 0 Å². The molecule has 0 radical (unpaired) electrons. The minimum atomic E-state index is 0. The fourth-order valence-electron chi connectivity index (χ4n) is 2.88. The highest BCUT2D eigenvalue weighted by Gasteiger charge is 2.34. The molecule has 138 valence electrons. The maximum atomic E-state index is 5.51. The van der Waals surface area contributed by atoms with Crippen LogP contribution in [-0.4, -0.2) is 73.6 Å². The first kappa shape index (κ1) is 21.2. The highest BCUT2D eigenvalue weighted by Crippen LogP contribution is 2.24. The van der Waals surface area contributed by atoms with Gasteiger partial charge in [0.2, 0.25) is 0 Å². The van der Waals surface area contributed by atoms with Gasteiger partial charge < -0.3 is 20.3 Å². The van der Waals surface area contributed by atoms with Gasteiger partial charge in [-0.1, -0.05) is 0 Å². The Kier molecular flexibility index (Phi) is 9.60. The summed E-state index contributed by atoms with van der Waals surface area (Å²) < 4.78 is 7.46. The van der Waals surface area contributed by atoms with Crippen molar-refractivity contribution in [3.8, 4) is 0 Å². The summed E-state index contributed by atoms with van der Waals surface area (Å²) in [7, 11) is 6.11. The average Bonchev–Trinajstić information content (AvgIpc) is 3.08. The molecule has 1 aliphatic heterocycles. The van der Waals surface area contributed by atoms with E-state index in [4.69, 9.17) is 4.74 Å². The van der Waals surface area contributed by atoms with Crippen molar-refractivity contribution >= 4 is 29.9 Å². The number of hydrogen-bond donors (Lipinski definition) is 2. The van der Waals surface area contributed by atoms with Crippen LogP contribution in [0.4, 0.5) is 0 Å². The third-order valence-electron chi connectivity index (χ3n) is 4.60. The predicted molar refractivity (Wildman–Crippen MR) is 108 cm³/mol. The van der Waals surface area contributed by atoms with Crippen LogP contribution in [0, 0.1) is 0 Å². The van der Waals surface area contributed by atoms with Crippen molar-refractivity contribution in [3.05, 3.63) is 18.5 Å². The zero-order chi connectivity index (χ0) is 16.5. The molecular formula is C16H31IN6O. The molecule has 0 unspecified atom stereocenters. The minimum absolute atomic E-state index is 0. The molecule has 1 fully saturated rings. The minimum Gasteiger partial charge on any atom is -0.381 e. The van der Waals surface area contributed by atoms with E-state index in [1.165, 1.54) is 0 Å². The van der Waals surface area contributed by atoms with Crippen LogP contribution in [0.2, 0.25) is 0 Å². The molecule has 0 aromatic carbocycles. The van der Waals surface area contributed by atoms with Crippen LogP contribution in [0.25, 0.3) is 0 Å². The smallest absolute Gasteiger partial charge is 0.191 e. The first-order chi connectivity index (χ1) is 11.2. The van der Waals surface area contributed by atoms with Crippen LogP contribution in [0.1, 0.15) is 19.3 Å². The van der Waals surface area contributed by atoms with E-state index >= 15 is 0 Å². The molecule has 0 amide bonds. The lowest BCUT2D eigenvalue weighted by molar-refractivity contribution is -0.00501. The fourth-order valence-corrected chi connectivity index (χ4v) is 2.88. The van der Waals surface area contributed by atoms with Crippen molar-refractivity contribution in [3.63, 3.8) is 0 Å². The number of likely N-dealkylation sites (N-methyl/N-ethyl adjacent to an activating group) is 1. The van der Waals surface area contributed by atoms with E-state index < -0.39 is 0 Å². The zero-order valence-corrected chi connectivity index (χ0v) is 17.3. The number of ether oxygens (including phenoxy) is 1. The van der Waals surface area contributed by atoms with E-state index in [0.29, 0.717) is 0 Å². The van der Waals surface area contributed by atoms with Gasteiger partial charge in [-0.05, 0) is 39.4 Å². The molecule has 0 atom stereocenters. The highest BCUT2D eigenvalue weighted by atomic mass is 127. The maximum Gasteiger partial charge on any atom is 0.191 e. The van der Waals surface area contributed by atoms with E-state index in [0.717, 1.165) is 58.1 Å². The Labute approximate surface area is 162 Å². The van der Waals surface area contributed by atoms with Gasteiger partial charge in [-0.25, -0.2) is 0 Å². The van der Waals surface area contributed by atoms with E-state index in [2.05, 4.69) is 39.7 Å². The Morgan fingerprint density at radius 3 is 2.67 bits per heavy atom. The number of aliphatic imine (C=N–C) groups is 1. The van der Waals surface area contributed by atoms with Gasteiger partial charge in [0.05, 0.1) is 0 Å². The van der Waals surface area contributed by atoms with E-state index in [1.54, 1.807) is 0 Å². The third kappa shape index (κ3) is 6.21. The fraction of sp³-hybridized carbons (Fsp3) is 0.750. The van der Waals surface area contributed by atoms with Crippen molar-refractivity contribution in [1.29, 1.82) is 0 Å². The molecule has 0 aliphatic carbocycles. The lowest BCUT2D eigenvalue weighted by Crippen LogP contribution is -2.57. The van der Waals surface area contributed by atoms with E-state index in [9.17, 15) is 0 Å². The molecule has 24 heavy (non-hydrogen) atoms. The van der Waals surface area contributed by atoms with Crippen LogP contribution in [0.15, 0.2) is 23.5 Å². The second kappa shape index (κ2) is 10.9. The molecule has 1 aromatic rings. The van der Waals surface area contributed by atoms with Gasteiger partial charge in [0.15, 0.2) is 5.96 Å². The lowest BCUT2D eigenvalue weighted by Gasteiger charge is -2.43. The molecule has 0 bridgehead atoms. The molecule has 8 heteroatoms. The van der Waals surface area contributed by atoms with Gasteiger partial charge in [-0.3, -0.25) is 9.67 Å². The van der Waals surface area contributed by atoms with Crippen molar-refractivity contribution < 1.29 is 4.74 Å². The number of nitrogens with one attached hydrogen (secondary N) is 2. The standard InChI is InChI=1S/C16H30N6O.HI/c1-17-15(18-8-4-10-22-11-5-9-20-22)19-14-16(21(2)3)6-12-23-13-7-16;/h5,9,11H,4,6-8,10,12-14H2,1-3H3,(H2,17,18,19);1H. The molecule has 2 rings (SSSR count). The molecule has 1 saturated heterocycles. The highest BCUT2D eigenvalue weighted by molar-refractivity contribution is 14.0. The van der Waals surface area contributed by atoms with E-state index in [1.807, 2.05) is 30.2 Å². The first-order valence-electron chi connectivity index (χ1n) is 8.33. The zero-order valence-electron chi connectivity index (χ0n) is 15.0. The number of halogens is 1. The van der Waals surface area contributed by atoms with Crippen molar-refractivity contribution in [2.45, 2.75) is 31.3 Å². The Hall–Kier alpha value is -0.870. The Morgan fingerprint density at radius 1 is 1.33 bits per heavy atom. The quantitative estimate of drug-likeness (QED) is 0.283. The average molecular weight is 450 g/mol. The molecule has 0 spiro atoms. The molecular weight excluding hydrogens is 419 g/mol. The lowest BCUT2D eigenvalue weighted by atomic mass is 9.88. The van der Waals surface area contributed by atoms with Crippen molar-refractivity contribution in [2.24, 2.45) is 4.99 Å². The van der Waals surface area contributed by atoms with Gasteiger partial charge in [0, 0.05) is 57.8 Å². The first-order valence-corrected chi connectivity index (χ1v) is 8.33. The summed E-state index contributed by atoms with van der Waals surface area (Å²) in [5, 5.41) is 11.1. The number of rotatable bonds is 7. The van der Waals surface area contributed by atoms with Gasteiger partial charge >= 0.3 is 0 Å². The monoisotopic (exact) mass is 450 g/mol. The number of hydrogen-bond acceptors (Lipinski definition) is 4. The molecule has 2 N–H and O–H groups in total. The second-order valence-corrected chi connectivity index (χ2v) is 6.21. The summed E-state index contributed by atoms with van der Waals surface area (Å²) in [6, 6.07) is 1.95. The SMILES string of the molecule is CN=C(NCCCn1cccn1)NCC1(N(C)C)CCOCC1.I. The van der Waals surface area contributed by atoms with Crippen molar-refractivity contribution in [2.75, 3.05) is 47.4 Å². The van der Waals surface area contributed by atoms with Gasteiger partial charge in [-0.15, -0.1) is 24.0 Å². The number of aromatic nitrogens is 2. The third-order valence-corrected chi connectivity index (χ3v) is 4.60. The van der Waals surface area contributed by atoms with Crippen LogP contribution in [0.5, 0.6) is 0 Å². The summed E-state index contributed by atoms with van der Waals surface area (Å²) in [4.78, 5) is 6.63. The summed E-state index contributed by atoms with van der Waals surface area (Å²) in [6.07, 6.45) is 6.89. The van der Waals surface area contributed by atoms with Crippen LogP contribution in [-0.2, 0) is 11.3 Å². The number of nitrogens with zero attached hydrogens (tertiary/aromatic N) is 4. The van der Waals surface area contributed by atoms with Crippen LogP contribution in [0.3, 0.4) is 0 Å². The molecule has 2 heterocycles. The maximum absolute atomic E-state index is 5.51. The molecule has 7 nitrogen and oxygen atoms in total. The summed E-state index contributed by atoms with van der Waals surface area (Å²) in [6.45, 7) is 4.32. The Balaban J connectivity index is 0.00000288. The van der Waals surface area contributed by atoms with Gasteiger partial charge in [-0.2, -0.15) is 5.10 Å². The second-order valence-electron chi connectivity index (χ2n) is 6.21. The largest absolute Gasteiger partial charge is 0.381 e. The number of guanidine groups is 1. The Morgan fingerprint density at radius 2 is 2.08 bits per heavy atom. The summed E-state index contributed by atoms with van der Waals surface area (Å²) in [5.41, 5.74) is 0.144. The molecule has 1 aromatic heterocycles. The van der Waals surface area contributed by atoms with E-state index in [-0.39, 0.29) is 29.5 Å².